The van der Waals surface area contributed by atoms with Crippen LogP contribution in [0.4, 0.5) is 16.1 Å². The van der Waals surface area contributed by atoms with Gasteiger partial charge in [-0.3, -0.25) is 9.59 Å². The van der Waals surface area contributed by atoms with Crippen molar-refractivity contribution in [3.63, 3.8) is 0 Å². The number of halogens is 1. The maximum absolute atomic E-state index is 11.8. The summed E-state index contributed by atoms with van der Waals surface area (Å²) in [6, 6.07) is 3.34. The van der Waals surface area contributed by atoms with E-state index in [-0.39, 0.29) is 11.9 Å². The number of nitrogens with one attached hydrogen (secondary N) is 1. The van der Waals surface area contributed by atoms with E-state index in [1.165, 1.54) is 48.3 Å². The number of esters is 2. The van der Waals surface area contributed by atoms with E-state index in [0.717, 1.165) is 11.0 Å². The summed E-state index contributed by atoms with van der Waals surface area (Å²) >= 11 is 9.18. The number of ether oxygens (including phenoxy) is 4. The van der Waals surface area contributed by atoms with Crippen molar-refractivity contribution in [3.8, 4) is 11.8 Å². The third-order valence-corrected chi connectivity index (χ3v) is 11.1. The number of nitrogens with two attached hydrogens (primary N) is 1. The Hall–Kier alpha value is -4.15. The van der Waals surface area contributed by atoms with Gasteiger partial charge in [0.15, 0.2) is 10.3 Å². The molecule has 4 aromatic heterocycles. The summed E-state index contributed by atoms with van der Waals surface area (Å²) in [7, 11) is 0. The minimum absolute atomic E-state index is 0.216. The van der Waals surface area contributed by atoms with Gasteiger partial charge in [0.2, 0.25) is 11.8 Å². The minimum atomic E-state index is -0.463. The second-order valence-electron chi connectivity index (χ2n) is 16.3. The number of nitrogen functional groups attached to an aromatic ring is 1. The molecule has 0 aromatic carbocycles. The number of hydrogen-bond acceptors (Lipinski definition) is 16. The van der Waals surface area contributed by atoms with Crippen LogP contribution in [-0.2, 0) is 31.9 Å². The molecule has 0 amide bonds. The van der Waals surface area contributed by atoms with E-state index in [2.05, 4.69) is 35.2 Å². The Kier molecular flexibility index (Phi) is 18.5. The zero-order valence-corrected chi connectivity index (χ0v) is 38.2. The number of aryl methyl sites for hydroxylation is 2. The number of hydrogen-bond donors (Lipinski definition) is 2. The highest BCUT2D eigenvalue weighted by molar-refractivity contribution is 7.15. The first-order valence-corrected chi connectivity index (χ1v) is 22.5. The lowest BCUT2D eigenvalue weighted by Crippen LogP contribution is -2.24. The molecule has 2 saturated carbocycles. The van der Waals surface area contributed by atoms with Crippen LogP contribution in [0.2, 0.25) is 5.15 Å². The number of anilines is 3. The molecule has 3 N–H and O–H groups in total. The average molecular weight is 874 g/mol. The van der Waals surface area contributed by atoms with Crippen molar-refractivity contribution in [2.24, 2.45) is 0 Å². The highest BCUT2D eigenvalue weighted by atomic mass is 35.5. The fraction of sp³-hybridized carbons (Fsp3) is 0.619. The number of thiazole rings is 2. The number of nitrogens with zero attached hydrogens (tertiary/aromatic N) is 6. The van der Waals surface area contributed by atoms with Crippen molar-refractivity contribution in [2.75, 3.05) is 24.3 Å². The van der Waals surface area contributed by atoms with Gasteiger partial charge in [0, 0.05) is 60.0 Å². The lowest BCUT2D eigenvalue weighted by atomic mass is 9.85. The molecule has 0 bridgehead atoms. The smallest absolute Gasteiger partial charge is 0.306 e. The highest BCUT2D eigenvalue weighted by Gasteiger charge is 2.23. The van der Waals surface area contributed by atoms with Crippen molar-refractivity contribution in [3.05, 3.63) is 51.1 Å². The van der Waals surface area contributed by atoms with Crippen LogP contribution in [0.3, 0.4) is 0 Å². The van der Waals surface area contributed by atoms with Crippen molar-refractivity contribution < 1.29 is 28.5 Å². The molecule has 2 aliphatic rings. The van der Waals surface area contributed by atoms with E-state index < -0.39 is 11.2 Å². The second kappa shape index (κ2) is 23.0. The fourth-order valence-electron chi connectivity index (χ4n) is 5.53. The topological polar surface area (TPSA) is 186 Å². The quantitative estimate of drug-likeness (QED) is 0.0615. The van der Waals surface area contributed by atoms with Gasteiger partial charge in [0.05, 0.1) is 13.2 Å². The molecule has 2 aliphatic carbocycles. The molecule has 0 aliphatic heterocycles. The van der Waals surface area contributed by atoms with Crippen molar-refractivity contribution >= 4 is 62.3 Å². The summed E-state index contributed by atoms with van der Waals surface area (Å²) in [5, 5.41) is 5.19. The van der Waals surface area contributed by atoms with Gasteiger partial charge in [-0.05, 0) is 91.9 Å². The summed E-state index contributed by atoms with van der Waals surface area (Å²) in [5.74, 6) is 3.97. The molecule has 4 heterocycles. The monoisotopic (exact) mass is 872 g/mol. The van der Waals surface area contributed by atoms with Crippen LogP contribution in [0.1, 0.15) is 153 Å². The predicted molar refractivity (Wildman–Crippen MR) is 234 cm³/mol. The van der Waals surface area contributed by atoms with Crippen LogP contribution < -0.4 is 20.5 Å². The second-order valence-corrected chi connectivity index (χ2v) is 18.8. The van der Waals surface area contributed by atoms with E-state index in [1.807, 2.05) is 67.8 Å². The average Bonchev–Trinajstić information content (AvgIpc) is 3.74. The van der Waals surface area contributed by atoms with Gasteiger partial charge in [-0.15, -0.1) is 22.7 Å². The molecule has 324 valence electrons. The van der Waals surface area contributed by atoms with Crippen molar-refractivity contribution in [2.45, 2.75) is 155 Å². The van der Waals surface area contributed by atoms with Gasteiger partial charge >= 0.3 is 11.9 Å². The van der Waals surface area contributed by atoms with Crippen LogP contribution in [0.15, 0.2) is 24.5 Å². The zero-order chi connectivity index (χ0) is 43.0. The Morgan fingerprint density at radius 3 is 1.69 bits per heavy atom. The molecule has 0 radical (unpaired) electrons. The third-order valence-electron chi connectivity index (χ3n) is 8.80. The third kappa shape index (κ3) is 17.9. The number of carbonyl (C=O) groups excluding carboxylic acids is 2. The predicted octanol–water partition coefficient (Wildman–Crippen LogP) is 10.2. The molecule has 6 rings (SSSR count). The van der Waals surface area contributed by atoms with Gasteiger partial charge < -0.3 is 30.0 Å². The standard InChI is InChI=1S/C21H30N4O3S.C14H21ClN2O3.C7H10N2S/c1-5-16-23-17(25-20-22-13-15(29-20)14-8-6-9-14)12-18(24-16)27-11-7-10-19(26)28-21(2,3)4;1-5-11-16-10(15)9-12(17-11)19-8-6-7-13(18)20-14(2,3)4;8-7-9-4-6(10-7)5-2-1-3-5/h12-14H,5-11H2,1-4H3,(H,22,23,24,25);9H,5-8H2,1-4H3;4-5H,1-3H2,(H2,8,9). The molecular formula is C42H61ClN8O6S2. The summed E-state index contributed by atoms with van der Waals surface area (Å²) in [6.07, 6.45) is 14.9. The van der Waals surface area contributed by atoms with E-state index >= 15 is 0 Å². The van der Waals surface area contributed by atoms with Gasteiger partial charge in [-0.1, -0.05) is 38.3 Å². The fourth-order valence-corrected chi connectivity index (χ4v) is 7.57. The SMILES string of the molecule is CCc1nc(Cl)cc(OCCCC(=O)OC(C)(C)C)n1.CCc1nc(Nc2ncc(C3CCC3)s2)cc(OCCCC(=O)OC(C)(C)C)n1.Nc1ncc(C2CCC2)s1. The van der Waals surface area contributed by atoms with Crippen LogP contribution in [0, 0.1) is 0 Å². The molecule has 0 spiro atoms. The first-order valence-electron chi connectivity index (χ1n) is 20.5. The first kappa shape index (κ1) is 47.5. The van der Waals surface area contributed by atoms with Gasteiger partial charge in [-0.25, -0.2) is 19.9 Å². The largest absolute Gasteiger partial charge is 0.478 e. The Balaban J connectivity index is 0.000000220. The van der Waals surface area contributed by atoms with Crippen LogP contribution in [-0.4, -0.2) is 66.3 Å². The molecule has 4 aromatic rings. The summed E-state index contributed by atoms with van der Waals surface area (Å²) in [6.45, 7) is 15.8. The Morgan fingerprint density at radius 2 is 1.24 bits per heavy atom. The number of aromatic nitrogens is 6. The molecule has 0 atom stereocenters. The number of carbonyl (C=O) groups is 2. The zero-order valence-electron chi connectivity index (χ0n) is 35.8. The van der Waals surface area contributed by atoms with Crippen molar-refractivity contribution in [1.29, 1.82) is 0 Å². The molecular weight excluding hydrogens is 812 g/mol. The first-order chi connectivity index (χ1) is 28.0. The molecule has 0 saturated heterocycles. The van der Waals surface area contributed by atoms with E-state index in [4.69, 9.17) is 36.3 Å². The van der Waals surface area contributed by atoms with E-state index in [0.29, 0.717) is 97.2 Å². The van der Waals surface area contributed by atoms with E-state index in [9.17, 15) is 9.59 Å². The normalized spacial score (nSPS) is 14.1. The maximum Gasteiger partial charge on any atom is 0.306 e. The van der Waals surface area contributed by atoms with Crippen LogP contribution in [0.5, 0.6) is 11.8 Å². The van der Waals surface area contributed by atoms with Gasteiger partial charge in [0.1, 0.15) is 33.8 Å². The lowest BCUT2D eigenvalue weighted by Gasteiger charge is -2.23. The molecule has 2 fully saturated rings. The summed E-state index contributed by atoms with van der Waals surface area (Å²) in [5.41, 5.74) is 4.59. The van der Waals surface area contributed by atoms with Crippen molar-refractivity contribution in [1.82, 2.24) is 29.9 Å². The minimum Gasteiger partial charge on any atom is -0.478 e. The molecule has 17 heteroatoms. The number of rotatable bonds is 16. The molecule has 14 nitrogen and oxygen atoms in total. The highest BCUT2D eigenvalue weighted by Crippen LogP contribution is 2.41. The van der Waals surface area contributed by atoms with Crippen LogP contribution >= 0.6 is 34.3 Å². The lowest BCUT2D eigenvalue weighted by molar-refractivity contribution is -0.156. The Morgan fingerprint density at radius 1 is 0.746 bits per heavy atom. The Bertz CT molecular complexity index is 1920. The Labute approximate surface area is 361 Å². The van der Waals surface area contributed by atoms with Gasteiger partial charge in [-0.2, -0.15) is 9.97 Å². The summed E-state index contributed by atoms with van der Waals surface area (Å²) < 4.78 is 21.7. The summed E-state index contributed by atoms with van der Waals surface area (Å²) in [4.78, 5) is 51.7. The molecule has 0 unspecified atom stereocenters. The van der Waals surface area contributed by atoms with Gasteiger partial charge in [0.25, 0.3) is 0 Å². The maximum atomic E-state index is 11.8. The van der Waals surface area contributed by atoms with E-state index in [1.54, 1.807) is 34.8 Å². The van der Waals surface area contributed by atoms with Crippen LogP contribution in [0.25, 0.3) is 0 Å². The molecule has 59 heavy (non-hydrogen) atoms.